The molecule has 3 atom stereocenters. The number of hydrogen-bond acceptors (Lipinski definition) is 4. The molecule has 0 aliphatic carbocycles. The van der Waals surface area contributed by atoms with Crippen LogP contribution in [0.2, 0.25) is 0 Å². The number of benzene rings is 1. The third-order valence-electron chi connectivity index (χ3n) is 4.44. The zero-order valence-corrected chi connectivity index (χ0v) is 12.9. The van der Waals surface area contributed by atoms with E-state index in [9.17, 15) is 9.18 Å². The number of hydrazine groups is 1. The van der Waals surface area contributed by atoms with Crippen LogP contribution in [0, 0.1) is 12.7 Å². The average molecular weight is 307 g/mol. The van der Waals surface area contributed by atoms with E-state index in [0.29, 0.717) is 31.7 Å². The Morgan fingerprint density at radius 1 is 1.41 bits per heavy atom. The van der Waals surface area contributed by atoms with Crippen molar-refractivity contribution in [1.82, 2.24) is 15.8 Å². The fourth-order valence-electron chi connectivity index (χ4n) is 3.08. The first-order valence-electron chi connectivity index (χ1n) is 7.71. The molecule has 1 aromatic carbocycles. The normalized spacial score (nSPS) is 28.9. The van der Waals surface area contributed by atoms with Gasteiger partial charge in [-0.1, -0.05) is 12.1 Å². The molecule has 3 rings (SSSR count). The van der Waals surface area contributed by atoms with Gasteiger partial charge in [0.05, 0.1) is 19.3 Å². The Morgan fingerprint density at radius 2 is 2.23 bits per heavy atom. The number of rotatable bonds is 2. The molecule has 22 heavy (non-hydrogen) atoms. The van der Waals surface area contributed by atoms with Crippen LogP contribution in [0.15, 0.2) is 18.2 Å². The molecule has 2 fully saturated rings. The van der Waals surface area contributed by atoms with E-state index in [1.54, 1.807) is 13.0 Å². The maximum Gasteiger partial charge on any atom is 0.241 e. The van der Waals surface area contributed by atoms with E-state index in [0.717, 1.165) is 5.56 Å². The highest BCUT2D eigenvalue weighted by Gasteiger charge is 2.35. The Labute approximate surface area is 129 Å². The first-order chi connectivity index (χ1) is 10.6. The highest BCUT2D eigenvalue weighted by Crippen LogP contribution is 2.25. The Kier molecular flexibility index (Phi) is 4.42. The Hall–Kier alpha value is -1.50. The number of carbonyl (C=O) groups excluding carboxylic acids is 1. The first-order valence-corrected chi connectivity index (χ1v) is 7.71. The zero-order valence-electron chi connectivity index (χ0n) is 12.9. The number of nitrogens with one attached hydrogen (secondary N) is 2. The van der Waals surface area contributed by atoms with Crippen molar-refractivity contribution in [2.75, 3.05) is 19.8 Å². The Bertz CT molecular complexity index is 566. The summed E-state index contributed by atoms with van der Waals surface area (Å²) in [5.41, 5.74) is 7.85. The summed E-state index contributed by atoms with van der Waals surface area (Å²) in [5.74, 6) is -0.103. The van der Waals surface area contributed by atoms with Gasteiger partial charge in [0.2, 0.25) is 5.91 Å². The lowest BCUT2D eigenvalue weighted by Crippen LogP contribution is -2.53. The van der Waals surface area contributed by atoms with Crippen LogP contribution in [0.25, 0.3) is 0 Å². The summed E-state index contributed by atoms with van der Waals surface area (Å²) < 4.78 is 18.7. The molecule has 0 aromatic heterocycles. The Morgan fingerprint density at radius 3 is 2.95 bits per heavy atom. The van der Waals surface area contributed by atoms with Crippen LogP contribution in [0.1, 0.15) is 30.5 Å². The molecule has 0 radical (unpaired) electrons. The van der Waals surface area contributed by atoms with Crippen LogP contribution in [0.3, 0.4) is 0 Å². The molecule has 0 spiro atoms. The van der Waals surface area contributed by atoms with Gasteiger partial charge in [0.1, 0.15) is 11.9 Å². The molecular weight excluding hydrogens is 285 g/mol. The molecule has 3 unspecified atom stereocenters. The van der Waals surface area contributed by atoms with Gasteiger partial charge in [0, 0.05) is 12.6 Å². The second-order valence-corrected chi connectivity index (χ2v) is 6.09. The van der Waals surface area contributed by atoms with Crippen LogP contribution >= 0.6 is 0 Å². The number of halogens is 1. The average Bonchev–Trinajstić information content (AvgIpc) is 3.00. The molecule has 2 saturated heterocycles. The molecule has 2 N–H and O–H groups in total. The number of hydrogen-bond donors (Lipinski definition) is 2. The molecule has 2 aliphatic heterocycles. The number of nitrogens with zero attached hydrogens (tertiary/aromatic N) is 1. The third-order valence-corrected chi connectivity index (χ3v) is 4.44. The van der Waals surface area contributed by atoms with Gasteiger partial charge in [-0.3, -0.25) is 4.79 Å². The summed E-state index contributed by atoms with van der Waals surface area (Å²) >= 11 is 0. The monoisotopic (exact) mass is 307 g/mol. The molecule has 0 bridgehead atoms. The van der Waals surface area contributed by atoms with Gasteiger partial charge >= 0.3 is 0 Å². The van der Waals surface area contributed by atoms with Crippen molar-refractivity contribution < 1.29 is 13.9 Å². The lowest BCUT2D eigenvalue weighted by molar-refractivity contribution is -0.141. The summed E-state index contributed by atoms with van der Waals surface area (Å²) in [6, 6.07) is 4.95. The van der Waals surface area contributed by atoms with E-state index in [1.165, 1.54) is 6.07 Å². The molecule has 120 valence electrons. The van der Waals surface area contributed by atoms with Crippen molar-refractivity contribution in [2.24, 2.45) is 0 Å². The minimum atomic E-state index is -0.254. The second kappa shape index (κ2) is 6.32. The zero-order chi connectivity index (χ0) is 15.7. The van der Waals surface area contributed by atoms with Crippen LogP contribution in [0.4, 0.5) is 4.39 Å². The molecular formula is C16H22FN3O2. The largest absolute Gasteiger partial charge is 0.377 e. The number of amides is 1. The van der Waals surface area contributed by atoms with Crippen LogP contribution in [0.5, 0.6) is 0 Å². The summed E-state index contributed by atoms with van der Waals surface area (Å²) in [7, 11) is 0. The van der Waals surface area contributed by atoms with Gasteiger partial charge in [-0.25, -0.2) is 15.2 Å². The number of morpholine rings is 1. The van der Waals surface area contributed by atoms with E-state index < -0.39 is 0 Å². The summed E-state index contributed by atoms with van der Waals surface area (Å²) in [5, 5.41) is 0. The minimum Gasteiger partial charge on any atom is -0.377 e. The van der Waals surface area contributed by atoms with Crippen molar-refractivity contribution in [1.29, 1.82) is 0 Å². The number of aryl methyl sites for hydroxylation is 1. The smallest absolute Gasteiger partial charge is 0.241 e. The molecule has 1 amide bonds. The van der Waals surface area contributed by atoms with E-state index >= 15 is 0 Å². The molecule has 0 saturated carbocycles. The van der Waals surface area contributed by atoms with Crippen molar-refractivity contribution in [3.05, 3.63) is 35.1 Å². The fraction of sp³-hybridized carbons (Fsp3) is 0.562. The highest BCUT2D eigenvalue weighted by molar-refractivity contribution is 5.82. The van der Waals surface area contributed by atoms with Crippen molar-refractivity contribution in [3.63, 3.8) is 0 Å². The Balaban J connectivity index is 1.66. The standard InChI is InChI=1S/C16H22FN3O2/c1-10-7-12(3-4-13(10)17)14-8-15(19-18-14)16(21)20-5-6-22-9-11(20)2/h3-4,7,11,14-15,18-19H,5-6,8-9H2,1-2H3. The van der Waals surface area contributed by atoms with Crippen LogP contribution in [-0.2, 0) is 9.53 Å². The molecule has 2 aliphatic rings. The first kappa shape index (κ1) is 15.4. The SMILES string of the molecule is Cc1cc(C2CC(C(=O)N3CCOCC3C)NN2)ccc1F. The van der Waals surface area contributed by atoms with E-state index in [2.05, 4.69) is 10.9 Å². The number of carbonyl (C=O) groups is 1. The van der Waals surface area contributed by atoms with Gasteiger partial charge in [0.25, 0.3) is 0 Å². The van der Waals surface area contributed by atoms with E-state index in [1.807, 2.05) is 17.9 Å². The molecule has 2 heterocycles. The lowest BCUT2D eigenvalue weighted by Gasteiger charge is -2.34. The van der Waals surface area contributed by atoms with Crippen LogP contribution < -0.4 is 10.9 Å². The van der Waals surface area contributed by atoms with Crippen molar-refractivity contribution >= 4 is 5.91 Å². The summed E-state index contributed by atoms with van der Waals surface area (Å²) in [4.78, 5) is 14.5. The molecule has 1 aromatic rings. The second-order valence-electron chi connectivity index (χ2n) is 6.09. The maximum atomic E-state index is 13.4. The van der Waals surface area contributed by atoms with Gasteiger partial charge < -0.3 is 9.64 Å². The van der Waals surface area contributed by atoms with Gasteiger partial charge in [-0.05, 0) is 37.5 Å². The van der Waals surface area contributed by atoms with Crippen molar-refractivity contribution in [2.45, 2.75) is 38.4 Å². The molecule has 5 nitrogen and oxygen atoms in total. The summed E-state index contributed by atoms with van der Waals surface area (Å²) in [6.45, 7) is 5.57. The quantitative estimate of drug-likeness (QED) is 0.864. The van der Waals surface area contributed by atoms with E-state index in [4.69, 9.17) is 4.74 Å². The maximum absolute atomic E-state index is 13.4. The fourth-order valence-corrected chi connectivity index (χ4v) is 3.08. The minimum absolute atomic E-state index is 0.0181. The van der Waals surface area contributed by atoms with Crippen molar-refractivity contribution in [3.8, 4) is 0 Å². The highest BCUT2D eigenvalue weighted by atomic mass is 19.1. The topological polar surface area (TPSA) is 53.6 Å². The molecule has 6 heteroatoms. The number of ether oxygens (including phenoxy) is 1. The van der Waals surface area contributed by atoms with Gasteiger partial charge in [0.15, 0.2) is 0 Å². The van der Waals surface area contributed by atoms with Gasteiger partial charge in [-0.15, -0.1) is 0 Å². The van der Waals surface area contributed by atoms with E-state index in [-0.39, 0.29) is 29.8 Å². The summed E-state index contributed by atoms with van der Waals surface area (Å²) in [6.07, 6.45) is 0.661. The lowest BCUT2D eigenvalue weighted by atomic mass is 9.99. The van der Waals surface area contributed by atoms with Gasteiger partial charge in [-0.2, -0.15) is 0 Å². The predicted octanol–water partition coefficient (Wildman–Crippen LogP) is 1.29. The van der Waals surface area contributed by atoms with Crippen LogP contribution in [-0.4, -0.2) is 42.6 Å². The predicted molar refractivity (Wildman–Crippen MR) is 80.5 cm³/mol. The third kappa shape index (κ3) is 2.99.